The molecule has 9 heteroatoms. The standard InChI is InChI=1S/C26H33N5O2S2/c1-4-30(5-2)23-10-6-21(7-11-23)18-27-29-26-28-25(19-34-26)22-8-12-24(13-9-22)35(32,33)31-16-14-20(3)15-17-31/h6-13,18-20H,4-5,14-17H2,1-3H3,(H,28,29)/b27-18+. The molecule has 7 nitrogen and oxygen atoms in total. The molecule has 1 N–H and O–H groups in total. The molecule has 0 radical (unpaired) electrons. The molecular formula is C26H33N5O2S2. The summed E-state index contributed by atoms with van der Waals surface area (Å²) < 4.78 is 27.5. The predicted octanol–water partition coefficient (Wildman–Crippen LogP) is 5.52. The summed E-state index contributed by atoms with van der Waals surface area (Å²) >= 11 is 1.46. The lowest BCUT2D eigenvalue weighted by Crippen LogP contribution is -2.37. The number of rotatable bonds is 9. The SMILES string of the molecule is CCN(CC)c1ccc(/C=N/Nc2nc(-c3ccc(S(=O)(=O)N4CCC(C)CC4)cc3)cs2)cc1. The first kappa shape index (κ1) is 25.3. The lowest BCUT2D eigenvalue weighted by Gasteiger charge is -2.29. The van der Waals surface area contributed by atoms with Crippen LogP contribution in [0.15, 0.2) is 63.9 Å². The van der Waals surface area contributed by atoms with Gasteiger partial charge >= 0.3 is 0 Å². The average Bonchev–Trinajstić information content (AvgIpc) is 3.35. The smallest absolute Gasteiger partial charge is 0.243 e. The van der Waals surface area contributed by atoms with Crippen LogP contribution in [0.25, 0.3) is 11.3 Å². The first-order valence-electron chi connectivity index (χ1n) is 12.1. The van der Waals surface area contributed by atoms with Crippen molar-refractivity contribution in [2.24, 2.45) is 11.0 Å². The van der Waals surface area contributed by atoms with Crippen LogP contribution in [0.1, 0.15) is 39.2 Å². The number of hydrazone groups is 1. The average molecular weight is 512 g/mol. The van der Waals surface area contributed by atoms with Crippen LogP contribution >= 0.6 is 11.3 Å². The molecule has 2 heterocycles. The minimum atomic E-state index is -3.45. The Labute approximate surface area is 212 Å². The molecule has 1 aliphatic rings. The number of anilines is 2. The highest BCUT2D eigenvalue weighted by Gasteiger charge is 2.28. The van der Waals surface area contributed by atoms with Gasteiger partial charge in [0.05, 0.1) is 16.8 Å². The number of hydrogen-bond donors (Lipinski definition) is 1. The van der Waals surface area contributed by atoms with Crippen molar-refractivity contribution in [2.75, 3.05) is 36.5 Å². The third kappa shape index (κ3) is 6.09. The molecule has 0 bridgehead atoms. The van der Waals surface area contributed by atoms with Gasteiger partial charge in [0.25, 0.3) is 0 Å². The van der Waals surface area contributed by atoms with Crippen LogP contribution in [0, 0.1) is 5.92 Å². The Morgan fingerprint density at radius 1 is 1.09 bits per heavy atom. The lowest BCUT2D eigenvalue weighted by atomic mass is 10.0. The molecule has 1 saturated heterocycles. The van der Waals surface area contributed by atoms with Crippen LogP contribution < -0.4 is 10.3 Å². The van der Waals surface area contributed by atoms with Gasteiger partial charge in [-0.05, 0) is 62.4 Å². The summed E-state index contributed by atoms with van der Waals surface area (Å²) in [5, 5.41) is 6.92. The molecule has 35 heavy (non-hydrogen) atoms. The molecular weight excluding hydrogens is 478 g/mol. The summed E-state index contributed by atoms with van der Waals surface area (Å²) in [4.78, 5) is 7.22. The second kappa shape index (κ2) is 11.3. The Morgan fingerprint density at radius 2 is 1.74 bits per heavy atom. The maximum absolute atomic E-state index is 12.9. The molecule has 3 aromatic rings. The lowest BCUT2D eigenvalue weighted by molar-refractivity contribution is 0.288. The maximum Gasteiger partial charge on any atom is 0.243 e. The largest absolute Gasteiger partial charge is 0.372 e. The van der Waals surface area contributed by atoms with Crippen LogP contribution in [0.3, 0.4) is 0 Å². The number of aromatic nitrogens is 1. The molecule has 4 rings (SSSR count). The van der Waals surface area contributed by atoms with E-state index in [2.05, 4.69) is 53.3 Å². The molecule has 0 spiro atoms. The van der Waals surface area contributed by atoms with Gasteiger partial charge in [0.1, 0.15) is 0 Å². The molecule has 0 unspecified atom stereocenters. The Morgan fingerprint density at radius 3 is 2.37 bits per heavy atom. The third-order valence-electron chi connectivity index (χ3n) is 6.43. The van der Waals surface area contributed by atoms with Crippen LogP contribution in [-0.2, 0) is 10.0 Å². The van der Waals surface area contributed by atoms with Gasteiger partial charge in [-0.3, -0.25) is 5.43 Å². The van der Waals surface area contributed by atoms with E-state index in [-0.39, 0.29) is 0 Å². The van der Waals surface area contributed by atoms with Crippen LogP contribution in [0.2, 0.25) is 0 Å². The van der Waals surface area contributed by atoms with Gasteiger partial charge in [-0.15, -0.1) is 11.3 Å². The minimum Gasteiger partial charge on any atom is -0.372 e. The highest BCUT2D eigenvalue weighted by molar-refractivity contribution is 7.89. The van der Waals surface area contributed by atoms with E-state index in [0.717, 1.165) is 42.8 Å². The van der Waals surface area contributed by atoms with Crippen LogP contribution in [0.5, 0.6) is 0 Å². The number of piperidine rings is 1. The van der Waals surface area contributed by atoms with Crippen molar-refractivity contribution in [1.82, 2.24) is 9.29 Å². The summed E-state index contributed by atoms with van der Waals surface area (Å²) in [7, 11) is -3.45. The Kier molecular flexibility index (Phi) is 8.20. The first-order valence-corrected chi connectivity index (χ1v) is 14.4. The van der Waals surface area contributed by atoms with Crippen molar-refractivity contribution in [3.05, 3.63) is 59.5 Å². The Bertz CT molecular complexity index is 1230. The van der Waals surface area contributed by atoms with Crippen molar-refractivity contribution in [3.8, 4) is 11.3 Å². The normalized spacial score (nSPS) is 15.5. The van der Waals surface area contributed by atoms with Crippen LogP contribution in [-0.4, -0.2) is 50.1 Å². The molecule has 2 aromatic carbocycles. The zero-order valence-corrected chi connectivity index (χ0v) is 22.1. The van der Waals surface area contributed by atoms with Gasteiger partial charge < -0.3 is 4.90 Å². The number of benzene rings is 2. The van der Waals surface area contributed by atoms with Gasteiger partial charge in [0, 0.05) is 42.8 Å². The number of sulfonamides is 1. The second-order valence-electron chi connectivity index (χ2n) is 8.78. The van der Waals surface area contributed by atoms with E-state index in [0.29, 0.717) is 29.0 Å². The summed E-state index contributed by atoms with van der Waals surface area (Å²) in [5.41, 5.74) is 6.85. The van der Waals surface area contributed by atoms with Crippen molar-refractivity contribution in [3.63, 3.8) is 0 Å². The molecule has 0 aliphatic carbocycles. The quantitative estimate of drug-likeness (QED) is 0.302. The number of nitrogens with zero attached hydrogens (tertiary/aromatic N) is 4. The maximum atomic E-state index is 12.9. The fourth-order valence-corrected chi connectivity index (χ4v) is 6.29. The zero-order valence-electron chi connectivity index (χ0n) is 20.5. The summed E-state index contributed by atoms with van der Waals surface area (Å²) in [6.07, 6.45) is 3.60. The van der Waals surface area contributed by atoms with E-state index >= 15 is 0 Å². The molecule has 186 valence electrons. The molecule has 1 aliphatic heterocycles. The van der Waals surface area contributed by atoms with Crippen molar-refractivity contribution < 1.29 is 8.42 Å². The molecule has 1 fully saturated rings. The highest BCUT2D eigenvalue weighted by Crippen LogP contribution is 2.28. The van der Waals surface area contributed by atoms with Gasteiger partial charge in [-0.25, -0.2) is 13.4 Å². The highest BCUT2D eigenvalue weighted by atomic mass is 32.2. The summed E-state index contributed by atoms with van der Waals surface area (Å²) in [6, 6.07) is 15.3. The van der Waals surface area contributed by atoms with E-state index < -0.39 is 10.0 Å². The molecule has 0 atom stereocenters. The van der Waals surface area contributed by atoms with E-state index in [4.69, 9.17) is 0 Å². The van der Waals surface area contributed by atoms with E-state index in [1.54, 1.807) is 22.7 Å². The summed E-state index contributed by atoms with van der Waals surface area (Å²) in [6.45, 7) is 9.61. The zero-order chi connectivity index (χ0) is 24.8. The van der Waals surface area contributed by atoms with Gasteiger partial charge in [0.2, 0.25) is 15.2 Å². The van der Waals surface area contributed by atoms with E-state index in [1.165, 1.54) is 17.0 Å². The molecule has 0 saturated carbocycles. The minimum absolute atomic E-state index is 0.334. The van der Waals surface area contributed by atoms with Crippen molar-refractivity contribution in [2.45, 2.75) is 38.5 Å². The fraction of sp³-hybridized carbons (Fsp3) is 0.385. The third-order valence-corrected chi connectivity index (χ3v) is 9.09. The predicted molar refractivity (Wildman–Crippen MR) is 146 cm³/mol. The number of thiazole rings is 1. The van der Waals surface area contributed by atoms with Gasteiger partial charge in [-0.2, -0.15) is 9.41 Å². The molecule has 1 aromatic heterocycles. The van der Waals surface area contributed by atoms with Crippen molar-refractivity contribution in [1.29, 1.82) is 0 Å². The summed E-state index contributed by atoms with van der Waals surface area (Å²) in [5.74, 6) is 0.582. The Hall–Kier alpha value is -2.75. The van der Waals surface area contributed by atoms with Crippen molar-refractivity contribution >= 4 is 38.4 Å². The van der Waals surface area contributed by atoms with E-state index in [1.807, 2.05) is 29.6 Å². The first-order chi connectivity index (χ1) is 16.9. The number of hydrogen-bond acceptors (Lipinski definition) is 7. The topological polar surface area (TPSA) is 77.9 Å². The van der Waals surface area contributed by atoms with Crippen LogP contribution in [0.4, 0.5) is 10.8 Å². The second-order valence-corrected chi connectivity index (χ2v) is 11.6. The van der Waals surface area contributed by atoms with Gasteiger partial charge in [-0.1, -0.05) is 31.2 Å². The van der Waals surface area contributed by atoms with Gasteiger partial charge in [0.15, 0.2) is 0 Å². The molecule has 0 amide bonds. The Balaban J connectivity index is 1.37. The monoisotopic (exact) mass is 511 g/mol. The fourth-order valence-electron chi connectivity index (χ4n) is 4.15. The van der Waals surface area contributed by atoms with E-state index in [9.17, 15) is 8.42 Å². The number of nitrogens with one attached hydrogen (secondary N) is 1.